The van der Waals surface area contributed by atoms with Gasteiger partial charge in [-0.1, -0.05) is 13.8 Å². The van der Waals surface area contributed by atoms with Crippen molar-refractivity contribution in [3.63, 3.8) is 0 Å². The molecule has 1 aromatic heterocycles. The minimum atomic E-state index is -0.138. The van der Waals surface area contributed by atoms with Crippen LogP contribution in [0.1, 0.15) is 45.0 Å². The Morgan fingerprint density at radius 2 is 2.17 bits per heavy atom. The fourth-order valence-corrected chi connectivity index (χ4v) is 3.26. The highest BCUT2D eigenvalue weighted by atomic mass is 16.2. The molecule has 128 valence electrons. The Bertz CT molecular complexity index is 579. The van der Waals surface area contributed by atoms with Gasteiger partial charge in [-0.3, -0.25) is 14.3 Å². The van der Waals surface area contributed by atoms with E-state index in [9.17, 15) is 9.59 Å². The average molecular weight is 320 g/mol. The van der Waals surface area contributed by atoms with Crippen LogP contribution in [-0.4, -0.2) is 39.1 Å². The number of aryl methyl sites for hydroxylation is 2. The van der Waals surface area contributed by atoms with Crippen molar-refractivity contribution in [2.45, 2.75) is 53.1 Å². The van der Waals surface area contributed by atoms with Gasteiger partial charge in [0.25, 0.3) is 0 Å². The van der Waals surface area contributed by atoms with Crippen molar-refractivity contribution in [3.05, 3.63) is 17.5 Å². The lowest BCUT2D eigenvalue weighted by atomic mass is 9.88. The van der Waals surface area contributed by atoms with E-state index in [4.69, 9.17) is 0 Å². The van der Waals surface area contributed by atoms with Crippen molar-refractivity contribution >= 4 is 11.8 Å². The standard InChI is InChI=1S/C17H28N4O2/c1-11(2)10-21-13(4)15(6-7-16(21)22)17(23)18-9-14-8-12(3)19-20(14)5/h8,11,13,15H,6-7,9-10H2,1-5H3,(H,18,23). The predicted molar refractivity (Wildman–Crippen MR) is 88.5 cm³/mol. The third-order valence-corrected chi connectivity index (χ3v) is 4.50. The van der Waals surface area contributed by atoms with Crippen molar-refractivity contribution < 1.29 is 9.59 Å². The summed E-state index contributed by atoms with van der Waals surface area (Å²) in [5.74, 6) is 0.455. The van der Waals surface area contributed by atoms with Gasteiger partial charge in [0.1, 0.15) is 0 Å². The van der Waals surface area contributed by atoms with Crippen LogP contribution >= 0.6 is 0 Å². The number of nitrogens with one attached hydrogen (secondary N) is 1. The van der Waals surface area contributed by atoms with Crippen LogP contribution in [0.5, 0.6) is 0 Å². The third kappa shape index (κ3) is 4.12. The van der Waals surface area contributed by atoms with Crippen LogP contribution in [0.2, 0.25) is 0 Å². The zero-order valence-corrected chi connectivity index (χ0v) is 14.8. The molecule has 1 aliphatic rings. The second-order valence-corrected chi connectivity index (χ2v) is 6.94. The molecule has 2 rings (SSSR count). The lowest BCUT2D eigenvalue weighted by Gasteiger charge is -2.39. The zero-order valence-electron chi connectivity index (χ0n) is 14.8. The molecule has 1 aromatic rings. The molecular weight excluding hydrogens is 292 g/mol. The van der Waals surface area contributed by atoms with Crippen LogP contribution in [0.3, 0.4) is 0 Å². The van der Waals surface area contributed by atoms with Gasteiger partial charge in [0.2, 0.25) is 11.8 Å². The van der Waals surface area contributed by atoms with Gasteiger partial charge in [0.05, 0.1) is 23.9 Å². The Morgan fingerprint density at radius 3 is 2.74 bits per heavy atom. The first-order valence-electron chi connectivity index (χ1n) is 8.36. The van der Waals surface area contributed by atoms with E-state index in [1.165, 1.54) is 0 Å². The van der Waals surface area contributed by atoms with Crippen molar-refractivity contribution in [3.8, 4) is 0 Å². The molecule has 1 fully saturated rings. The summed E-state index contributed by atoms with van der Waals surface area (Å²) in [6, 6.07) is 1.92. The van der Waals surface area contributed by atoms with Gasteiger partial charge in [-0.25, -0.2) is 0 Å². The summed E-state index contributed by atoms with van der Waals surface area (Å²) in [6.07, 6.45) is 1.09. The molecule has 0 saturated carbocycles. The SMILES string of the molecule is Cc1cc(CNC(=O)C2CCC(=O)N(CC(C)C)C2C)n(C)n1. The molecule has 0 aliphatic carbocycles. The van der Waals surface area contributed by atoms with Crippen molar-refractivity contribution in [2.75, 3.05) is 6.54 Å². The minimum Gasteiger partial charge on any atom is -0.350 e. The number of nitrogens with zero attached hydrogens (tertiary/aromatic N) is 3. The molecule has 2 atom stereocenters. The molecule has 0 radical (unpaired) electrons. The predicted octanol–water partition coefficient (Wildman–Crippen LogP) is 1.63. The molecule has 6 heteroatoms. The number of hydrogen-bond acceptors (Lipinski definition) is 3. The van der Waals surface area contributed by atoms with Gasteiger partial charge in [0.15, 0.2) is 0 Å². The molecule has 1 N–H and O–H groups in total. The number of hydrogen-bond donors (Lipinski definition) is 1. The van der Waals surface area contributed by atoms with Crippen LogP contribution in [0.4, 0.5) is 0 Å². The maximum atomic E-state index is 12.6. The summed E-state index contributed by atoms with van der Waals surface area (Å²) in [5, 5.41) is 7.29. The summed E-state index contributed by atoms with van der Waals surface area (Å²) in [7, 11) is 1.88. The first-order chi connectivity index (χ1) is 10.8. The second-order valence-electron chi connectivity index (χ2n) is 6.94. The topological polar surface area (TPSA) is 67.2 Å². The lowest BCUT2D eigenvalue weighted by molar-refractivity contribution is -0.143. The van der Waals surface area contributed by atoms with E-state index >= 15 is 0 Å². The van der Waals surface area contributed by atoms with Crippen LogP contribution in [-0.2, 0) is 23.2 Å². The highest BCUT2D eigenvalue weighted by Crippen LogP contribution is 2.25. The van der Waals surface area contributed by atoms with E-state index in [0.717, 1.165) is 11.4 Å². The monoisotopic (exact) mass is 320 g/mol. The van der Waals surface area contributed by atoms with E-state index < -0.39 is 0 Å². The van der Waals surface area contributed by atoms with Crippen LogP contribution < -0.4 is 5.32 Å². The Labute approximate surface area is 138 Å². The third-order valence-electron chi connectivity index (χ3n) is 4.50. The van der Waals surface area contributed by atoms with Crippen molar-refractivity contribution in [2.24, 2.45) is 18.9 Å². The summed E-state index contributed by atoms with van der Waals surface area (Å²) in [6.45, 7) is 9.28. The maximum absolute atomic E-state index is 12.6. The van der Waals surface area contributed by atoms with Crippen molar-refractivity contribution in [1.29, 1.82) is 0 Å². The minimum absolute atomic E-state index is 0.0256. The Balaban J connectivity index is 1.98. The van der Waals surface area contributed by atoms with Crippen molar-refractivity contribution in [1.82, 2.24) is 20.0 Å². The van der Waals surface area contributed by atoms with Crippen LogP contribution in [0.25, 0.3) is 0 Å². The molecule has 0 aromatic carbocycles. The summed E-state index contributed by atoms with van der Waals surface area (Å²) in [4.78, 5) is 26.5. The fourth-order valence-electron chi connectivity index (χ4n) is 3.26. The quantitative estimate of drug-likeness (QED) is 0.896. The van der Waals surface area contributed by atoms with E-state index in [-0.39, 0.29) is 23.8 Å². The highest BCUT2D eigenvalue weighted by molar-refractivity contribution is 5.84. The Kier molecular flexibility index (Phi) is 5.44. The number of likely N-dealkylation sites (tertiary alicyclic amines) is 1. The zero-order chi connectivity index (χ0) is 17.1. The summed E-state index contributed by atoms with van der Waals surface area (Å²) >= 11 is 0. The molecule has 2 amide bonds. The Hall–Kier alpha value is -1.85. The number of rotatable bonds is 5. The maximum Gasteiger partial charge on any atom is 0.225 e. The van der Waals surface area contributed by atoms with E-state index in [0.29, 0.717) is 31.8 Å². The first-order valence-corrected chi connectivity index (χ1v) is 8.36. The molecule has 0 spiro atoms. The normalized spacial score (nSPS) is 21.8. The number of piperidine rings is 1. The fraction of sp³-hybridized carbons (Fsp3) is 0.706. The van der Waals surface area contributed by atoms with E-state index in [1.54, 1.807) is 4.68 Å². The first kappa shape index (κ1) is 17.5. The smallest absolute Gasteiger partial charge is 0.225 e. The van der Waals surface area contributed by atoms with Gasteiger partial charge in [-0.05, 0) is 32.3 Å². The highest BCUT2D eigenvalue weighted by Gasteiger charge is 2.36. The summed E-state index contributed by atoms with van der Waals surface area (Å²) in [5.41, 5.74) is 1.92. The number of amides is 2. The van der Waals surface area contributed by atoms with E-state index in [1.807, 2.05) is 31.9 Å². The largest absolute Gasteiger partial charge is 0.350 e. The number of carbonyl (C=O) groups is 2. The van der Waals surface area contributed by atoms with Gasteiger partial charge in [-0.15, -0.1) is 0 Å². The Morgan fingerprint density at radius 1 is 1.48 bits per heavy atom. The number of aromatic nitrogens is 2. The van der Waals surface area contributed by atoms with Gasteiger partial charge >= 0.3 is 0 Å². The molecule has 23 heavy (non-hydrogen) atoms. The molecule has 1 aliphatic heterocycles. The second kappa shape index (κ2) is 7.15. The van der Waals surface area contributed by atoms with E-state index in [2.05, 4.69) is 24.3 Å². The molecule has 6 nitrogen and oxygen atoms in total. The number of carbonyl (C=O) groups excluding carboxylic acids is 2. The lowest BCUT2D eigenvalue weighted by Crippen LogP contribution is -2.52. The molecule has 2 unspecified atom stereocenters. The molecule has 1 saturated heterocycles. The summed E-state index contributed by atoms with van der Waals surface area (Å²) < 4.78 is 1.79. The van der Waals surface area contributed by atoms with Gasteiger partial charge in [0, 0.05) is 26.1 Å². The van der Waals surface area contributed by atoms with Gasteiger partial charge < -0.3 is 10.2 Å². The molecule has 2 heterocycles. The molecular formula is C17H28N4O2. The van der Waals surface area contributed by atoms with Gasteiger partial charge in [-0.2, -0.15) is 5.10 Å². The van der Waals surface area contributed by atoms with Crippen LogP contribution in [0.15, 0.2) is 6.07 Å². The molecule has 0 bridgehead atoms. The van der Waals surface area contributed by atoms with Crippen LogP contribution in [0, 0.1) is 18.8 Å². The average Bonchev–Trinajstić information content (AvgIpc) is 2.78.